The van der Waals surface area contributed by atoms with Gasteiger partial charge in [0.25, 0.3) is 10.0 Å². The number of piperidine rings is 1. The Bertz CT molecular complexity index is 1140. The molecule has 1 heterocycles. The van der Waals surface area contributed by atoms with Crippen LogP contribution in [0.25, 0.3) is 0 Å². The number of aryl methyl sites for hydroxylation is 1. The molecule has 0 radical (unpaired) electrons. The number of anilines is 1. The molecule has 2 aromatic rings. The predicted octanol–water partition coefficient (Wildman–Crippen LogP) is 2.76. The summed E-state index contributed by atoms with van der Waals surface area (Å²) in [7, 11) is -6.44. The van der Waals surface area contributed by atoms with E-state index in [9.17, 15) is 21.6 Å². The number of nitrogens with one attached hydrogen (secondary N) is 1. The summed E-state index contributed by atoms with van der Waals surface area (Å²) in [5, 5.41) is 0. The zero-order chi connectivity index (χ0) is 21.9. The second-order valence-corrected chi connectivity index (χ2v) is 10.7. The lowest BCUT2D eigenvalue weighted by Gasteiger charge is -2.26. The summed E-state index contributed by atoms with van der Waals surface area (Å²) in [6.07, 6.45) is 2.62. The van der Waals surface area contributed by atoms with Crippen molar-refractivity contribution < 1.29 is 26.4 Å². The Morgan fingerprint density at radius 3 is 2.13 bits per heavy atom. The van der Waals surface area contributed by atoms with E-state index in [0.29, 0.717) is 18.7 Å². The van der Waals surface area contributed by atoms with Crippen molar-refractivity contribution in [2.75, 3.05) is 24.9 Å². The lowest BCUT2D eigenvalue weighted by molar-refractivity contribution is 0.0600. The Morgan fingerprint density at radius 1 is 0.933 bits per heavy atom. The van der Waals surface area contributed by atoms with Crippen LogP contribution in [0.1, 0.15) is 35.2 Å². The van der Waals surface area contributed by atoms with Gasteiger partial charge >= 0.3 is 5.97 Å². The van der Waals surface area contributed by atoms with Crippen LogP contribution in [-0.2, 0) is 24.8 Å². The number of hydrogen-bond acceptors (Lipinski definition) is 6. The molecule has 30 heavy (non-hydrogen) atoms. The first kappa shape index (κ1) is 22.3. The topological polar surface area (TPSA) is 110 Å². The molecule has 2 aromatic carbocycles. The lowest BCUT2D eigenvalue weighted by atomic mass is 10.2. The van der Waals surface area contributed by atoms with Crippen molar-refractivity contribution in [2.45, 2.75) is 36.0 Å². The van der Waals surface area contributed by atoms with Crippen LogP contribution in [0.2, 0.25) is 0 Å². The molecule has 1 fully saturated rings. The maximum atomic E-state index is 12.9. The van der Waals surface area contributed by atoms with Crippen molar-refractivity contribution in [1.29, 1.82) is 0 Å². The zero-order valence-electron chi connectivity index (χ0n) is 16.8. The van der Waals surface area contributed by atoms with Crippen LogP contribution in [0.15, 0.2) is 52.3 Å². The Hall–Kier alpha value is -2.43. The minimum atomic E-state index is -3.98. The minimum absolute atomic E-state index is 0.0498. The number of esters is 1. The van der Waals surface area contributed by atoms with Gasteiger partial charge < -0.3 is 4.74 Å². The fraction of sp³-hybridized carbons (Fsp3) is 0.350. The van der Waals surface area contributed by atoms with Gasteiger partial charge in [0, 0.05) is 13.1 Å². The summed E-state index contributed by atoms with van der Waals surface area (Å²) in [6.45, 7) is 2.61. The number of nitrogens with zero attached hydrogens (tertiary/aromatic N) is 1. The van der Waals surface area contributed by atoms with E-state index in [1.54, 1.807) is 13.0 Å². The zero-order valence-corrected chi connectivity index (χ0v) is 18.4. The first-order valence-corrected chi connectivity index (χ1v) is 12.4. The highest BCUT2D eigenvalue weighted by Crippen LogP contribution is 2.27. The van der Waals surface area contributed by atoms with E-state index in [2.05, 4.69) is 9.46 Å². The molecule has 0 aromatic heterocycles. The Balaban J connectivity index is 1.89. The van der Waals surface area contributed by atoms with Crippen LogP contribution in [-0.4, -0.2) is 47.3 Å². The van der Waals surface area contributed by atoms with Crippen LogP contribution in [0.5, 0.6) is 0 Å². The van der Waals surface area contributed by atoms with Gasteiger partial charge in [-0.15, -0.1) is 0 Å². The molecule has 1 aliphatic heterocycles. The number of methoxy groups -OCH3 is 1. The fourth-order valence-electron chi connectivity index (χ4n) is 3.22. The summed E-state index contributed by atoms with van der Waals surface area (Å²) in [5.41, 5.74) is 0.995. The van der Waals surface area contributed by atoms with Gasteiger partial charge in [-0.1, -0.05) is 12.5 Å². The van der Waals surface area contributed by atoms with Crippen LogP contribution >= 0.6 is 0 Å². The van der Waals surface area contributed by atoms with E-state index in [4.69, 9.17) is 0 Å². The molecule has 10 heteroatoms. The molecule has 0 amide bonds. The molecule has 0 atom stereocenters. The van der Waals surface area contributed by atoms with E-state index in [1.807, 2.05) is 0 Å². The number of rotatable bonds is 6. The highest BCUT2D eigenvalue weighted by molar-refractivity contribution is 7.92. The molecule has 1 saturated heterocycles. The Labute approximate surface area is 177 Å². The molecule has 162 valence electrons. The number of ether oxygens (including phenoxy) is 1. The van der Waals surface area contributed by atoms with Crippen molar-refractivity contribution in [1.82, 2.24) is 4.31 Å². The number of carbonyl (C=O) groups is 1. The summed E-state index contributed by atoms with van der Waals surface area (Å²) in [6, 6.07) is 9.70. The third-order valence-electron chi connectivity index (χ3n) is 4.99. The summed E-state index contributed by atoms with van der Waals surface area (Å²) in [4.78, 5) is 11.5. The van der Waals surface area contributed by atoms with E-state index >= 15 is 0 Å². The van der Waals surface area contributed by atoms with Crippen LogP contribution in [0.4, 0.5) is 5.69 Å². The Morgan fingerprint density at radius 2 is 1.53 bits per heavy atom. The summed E-state index contributed by atoms with van der Waals surface area (Å²) < 4.78 is 59.9. The fourth-order valence-corrected chi connectivity index (χ4v) is 5.88. The minimum Gasteiger partial charge on any atom is -0.465 e. The molecule has 0 saturated carbocycles. The van der Waals surface area contributed by atoms with Gasteiger partial charge in [0.2, 0.25) is 10.0 Å². The highest BCUT2D eigenvalue weighted by atomic mass is 32.2. The molecule has 0 spiro atoms. The molecule has 0 bridgehead atoms. The molecule has 1 aliphatic rings. The van der Waals surface area contributed by atoms with E-state index < -0.39 is 26.0 Å². The smallest absolute Gasteiger partial charge is 0.337 e. The third-order valence-corrected chi connectivity index (χ3v) is 8.27. The molecule has 1 N–H and O–H groups in total. The molecular weight excluding hydrogens is 428 g/mol. The van der Waals surface area contributed by atoms with Gasteiger partial charge in [0.15, 0.2) is 0 Å². The number of sulfonamides is 2. The number of carbonyl (C=O) groups excluding carboxylic acids is 1. The number of hydrogen-bond donors (Lipinski definition) is 1. The Kier molecular flexibility index (Phi) is 6.49. The quantitative estimate of drug-likeness (QED) is 0.675. The van der Waals surface area contributed by atoms with Crippen molar-refractivity contribution in [3.63, 3.8) is 0 Å². The second kappa shape index (κ2) is 8.75. The summed E-state index contributed by atoms with van der Waals surface area (Å²) in [5.74, 6) is -0.571. The third kappa shape index (κ3) is 4.66. The maximum Gasteiger partial charge on any atom is 0.337 e. The second-order valence-electron chi connectivity index (χ2n) is 7.06. The van der Waals surface area contributed by atoms with Gasteiger partial charge in [0.05, 0.1) is 28.2 Å². The average molecular weight is 453 g/mol. The van der Waals surface area contributed by atoms with Crippen LogP contribution in [0, 0.1) is 6.92 Å². The maximum absolute atomic E-state index is 12.9. The first-order valence-electron chi connectivity index (χ1n) is 9.47. The van der Waals surface area contributed by atoms with Crippen LogP contribution in [0.3, 0.4) is 0 Å². The van der Waals surface area contributed by atoms with Crippen molar-refractivity contribution in [3.8, 4) is 0 Å². The molecular formula is C20H24N2O6S2. The average Bonchev–Trinajstić information content (AvgIpc) is 2.75. The van der Waals surface area contributed by atoms with Crippen molar-refractivity contribution in [3.05, 3.63) is 53.6 Å². The largest absolute Gasteiger partial charge is 0.465 e. The van der Waals surface area contributed by atoms with Gasteiger partial charge in [-0.3, -0.25) is 4.72 Å². The van der Waals surface area contributed by atoms with Gasteiger partial charge in [-0.05, 0) is 61.7 Å². The first-order chi connectivity index (χ1) is 14.1. The lowest BCUT2D eigenvalue weighted by Crippen LogP contribution is -2.35. The van der Waals surface area contributed by atoms with Gasteiger partial charge in [-0.25, -0.2) is 21.6 Å². The molecule has 8 nitrogen and oxygen atoms in total. The van der Waals surface area contributed by atoms with Crippen molar-refractivity contribution in [2.24, 2.45) is 0 Å². The van der Waals surface area contributed by atoms with E-state index in [1.165, 1.54) is 47.8 Å². The highest BCUT2D eigenvalue weighted by Gasteiger charge is 2.27. The molecule has 3 rings (SSSR count). The van der Waals surface area contributed by atoms with E-state index in [0.717, 1.165) is 19.3 Å². The normalized spacial score (nSPS) is 15.5. The SMILES string of the molecule is COC(=O)c1ccc(S(=O)(=O)Nc2cc(S(=O)(=O)N3CCCCC3)ccc2C)cc1. The van der Waals surface area contributed by atoms with Gasteiger partial charge in [-0.2, -0.15) is 4.31 Å². The standard InChI is InChI=1S/C20H24N2O6S2/c1-15-6-9-18(30(26,27)22-12-4-3-5-13-22)14-19(15)21-29(24,25)17-10-7-16(8-11-17)20(23)28-2/h6-11,14,21H,3-5,12-13H2,1-2H3. The van der Waals surface area contributed by atoms with Gasteiger partial charge in [0.1, 0.15) is 0 Å². The van der Waals surface area contributed by atoms with Crippen molar-refractivity contribution >= 4 is 31.7 Å². The monoisotopic (exact) mass is 452 g/mol. The summed E-state index contributed by atoms with van der Waals surface area (Å²) >= 11 is 0. The van der Waals surface area contributed by atoms with Crippen LogP contribution < -0.4 is 4.72 Å². The number of benzene rings is 2. The predicted molar refractivity (Wildman–Crippen MR) is 112 cm³/mol. The molecule has 0 unspecified atom stereocenters. The van der Waals surface area contributed by atoms with E-state index in [-0.39, 0.29) is 21.0 Å². The molecule has 0 aliphatic carbocycles.